The van der Waals surface area contributed by atoms with Crippen molar-refractivity contribution in [3.05, 3.63) is 29.8 Å². The minimum atomic E-state index is 0.123. The fraction of sp³-hybridized carbons (Fsp3) is 0.462. The Labute approximate surface area is 96.2 Å². The van der Waals surface area contributed by atoms with Gasteiger partial charge in [-0.1, -0.05) is 0 Å². The lowest BCUT2D eigenvalue weighted by molar-refractivity contribution is 0.0690. The summed E-state index contributed by atoms with van der Waals surface area (Å²) in [5.74, 6) is 0.123. The number of nitrogens with zero attached hydrogens (tertiary/aromatic N) is 1. The molecule has 0 bridgehead atoms. The Morgan fingerprint density at radius 2 is 1.88 bits per heavy atom. The summed E-state index contributed by atoms with van der Waals surface area (Å²) in [6.45, 7) is 4.13. The van der Waals surface area contributed by atoms with Gasteiger partial charge in [0, 0.05) is 23.3 Å². The molecule has 0 unspecified atom stereocenters. The van der Waals surface area contributed by atoms with Crippen LogP contribution in [0.25, 0.3) is 0 Å². The Bertz CT molecular complexity index is 377. The van der Waals surface area contributed by atoms with Gasteiger partial charge in [-0.15, -0.1) is 0 Å². The first kappa shape index (κ1) is 11.0. The molecule has 0 radical (unpaired) electrons. The number of benzene rings is 1. The van der Waals surface area contributed by atoms with E-state index in [2.05, 4.69) is 13.8 Å². The molecule has 0 spiro atoms. The van der Waals surface area contributed by atoms with Gasteiger partial charge in [0.25, 0.3) is 5.91 Å². The van der Waals surface area contributed by atoms with Gasteiger partial charge in [0.15, 0.2) is 0 Å². The Kier molecular flexibility index (Phi) is 2.86. The molecule has 0 saturated heterocycles. The highest BCUT2D eigenvalue weighted by Crippen LogP contribution is 2.30. The van der Waals surface area contributed by atoms with Crippen LogP contribution in [0.15, 0.2) is 24.3 Å². The Morgan fingerprint density at radius 1 is 1.31 bits per heavy atom. The van der Waals surface area contributed by atoms with E-state index < -0.39 is 0 Å². The van der Waals surface area contributed by atoms with Crippen molar-refractivity contribution in [2.24, 2.45) is 0 Å². The number of carbonyl (C=O) groups is 1. The van der Waals surface area contributed by atoms with Crippen molar-refractivity contribution in [3.63, 3.8) is 0 Å². The molecule has 2 rings (SSSR count). The van der Waals surface area contributed by atoms with Crippen LogP contribution in [0, 0.1) is 0 Å². The second-order valence-electron chi connectivity index (χ2n) is 4.66. The van der Waals surface area contributed by atoms with E-state index in [1.807, 2.05) is 4.90 Å². The molecule has 2 N–H and O–H groups in total. The van der Waals surface area contributed by atoms with Crippen molar-refractivity contribution < 1.29 is 4.79 Å². The van der Waals surface area contributed by atoms with Gasteiger partial charge in [-0.3, -0.25) is 4.79 Å². The van der Waals surface area contributed by atoms with Crippen LogP contribution in [0.5, 0.6) is 0 Å². The van der Waals surface area contributed by atoms with E-state index >= 15 is 0 Å². The van der Waals surface area contributed by atoms with E-state index in [0.29, 0.717) is 11.7 Å². The lowest BCUT2D eigenvalue weighted by atomic mass is 10.1. The number of rotatable bonds is 3. The minimum absolute atomic E-state index is 0.123. The van der Waals surface area contributed by atoms with E-state index in [0.717, 1.165) is 18.4 Å². The molecule has 1 aromatic rings. The molecule has 1 amide bonds. The first-order valence-electron chi connectivity index (χ1n) is 5.78. The minimum Gasteiger partial charge on any atom is -0.399 e. The SMILES string of the molecule is CC(C)N(C(=O)c1ccc(N)cc1)C1CC1. The largest absolute Gasteiger partial charge is 0.399 e. The highest BCUT2D eigenvalue weighted by Gasteiger charge is 2.34. The number of nitrogens with two attached hydrogens (primary N) is 1. The van der Waals surface area contributed by atoms with Crippen LogP contribution in [-0.4, -0.2) is 22.9 Å². The molecule has 16 heavy (non-hydrogen) atoms. The second kappa shape index (κ2) is 4.16. The fourth-order valence-corrected chi connectivity index (χ4v) is 1.95. The van der Waals surface area contributed by atoms with Crippen molar-refractivity contribution in [1.82, 2.24) is 4.90 Å². The maximum atomic E-state index is 12.3. The van der Waals surface area contributed by atoms with Crippen molar-refractivity contribution in [1.29, 1.82) is 0 Å². The molecule has 1 aliphatic rings. The topological polar surface area (TPSA) is 46.3 Å². The molecular weight excluding hydrogens is 200 g/mol. The van der Waals surface area contributed by atoms with Crippen LogP contribution in [-0.2, 0) is 0 Å². The zero-order valence-corrected chi connectivity index (χ0v) is 9.81. The molecule has 0 heterocycles. The summed E-state index contributed by atoms with van der Waals surface area (Å²) in [5.41, 5.74) is 7.03. The molecule has 1 fully saturated rings. The van der Waals surface area contributed by atoms with Crippen LogP contribution in [0.4, 0.5) is 5.69 Å². The first-order valence-corrected chi connectivity index (χ1v) is 5.78. The Morgan fingerprint density at radius 3 is 2.31 bits per heavy atom. The molecule has 0 aliphatic heterocycles. The number of anilines is 1. The van der Waals surface area contributed by atoms with E-state index in [9.17, 15) is 4.79 Å². The third-order valence-electron chi connectivity index (χ3n) is 2.89. The molecule has 3 nitrogen and oxygen atoms in total. The van der Waals surface area contributed by atoms with E-state index in [1.54, 1.807) is 24.3 Å². The smallest absolute Gasteiger partial charge is 0.254 e. The van der Waals surface area contributed by atoms with Gasteiger partial charge in [-0.2, -0.15) is 0 Å². The molecule has 1 aromatic carbocycles. The molecule has 1 aliphatic carbocycles. The first-order chi connectivity index (χ1) is 7.59. The monoisotopic (exact) mass is 218 g/mol. The van der Waals surface area contributed by atoms with Gasteiger partial charge >= 0.3 is 0 Å². The van der Waals surface area contributed by atoms with Crippen molar-refractivity contribution in [3.8, 4) is 0 Å². The maximum Gasteiger partial charge on any atom is 0.254 e. The molecule has 3 heteroatoms. The predicted octanol–water partition coefficient (Wildman–Crippen LogP) is 2.28. The van der Waals surface area contributed by atoms with Gasteiger partial charge in [0.2, 0.25) is 0 Å². The van der Waals surface area contributed by atoms with Crippen LogP contribution < -0.4 is 5.73 Å². The maximum absolute atomic E-state index is 12.3. The third kappa shape index (κ3) is 2.18. The molecule has 0 aromatic heterocycles. The zero-order valence-electron chi connectivity index (χ0n) is 9.81. The summed E-state index contributed by atoms with van der Waals surface area (Å²) in [6.07, 6.45) is 2.28. The number of hydrogen-bond acceptors (Lipinski definition) is 2. The summed E-state index contributed by atoms with van der Waals surface area (Å²) >= 11 is 0. The second-order valence-corrected chi connectivity index (χ2v) is 4.66. The van der Waals surface area contributed by atoms with E-state index in [-0.39, 0.29) is 11.9 Å². The van der Waals surface area contributed by atoms with Gasteiger partial charge in [-0.05, 0) is 51.0 Å². The lowest BCUT2D eigenvalue weighted by Crippen LogP contribution is -2.38. The highest BCUT2D eigenvalue weighted by atomic mass is 16.2. The summed E-state index contributed by atoms with van der Waals surface area (Å²) in [6, 6.07) is 7.87. The number of carbonyl (C=O) groups excluding carboxylic acids is 1. The molecule has 86 valence electrons. The van der Waals surface area contributed by atoms with Crippen LogP contribution in [0.2, 0.25) is 0 Å². The normalized spacial score (nSPS) is 15.2. The number of hydrogen-bond donors (Lipinski definition) is 1. The number of nitrogen functional groups attached to an aromatic ring is 1. The summed E-state index contributed by atoms with van der Waals surface area (Å²) in [5, 5.41) is 0. The fourth-order valence-electron chi connectivity index (χ4n) is 1.95. The quantitative estimate of drug-likeness (QED) is 0.791. The van der Waals surface area contributed by atoms with Gasteiger partial charge in [0.05, 0.1) is 0 Å². The molecule has 0 atom stereocenters. The summed E-state index contributed by atoms with van der Waals surface area (Å²) in [7, 11) is 0. The van der Waals surface area contributed by atoms with E-state index in [1.165, 1.54) is 0 Å². The standard InChI is InChI=1S/C13H18N2O/c1-9(2)15(12-7-8-12)13(16)10-3-5-11(14)6-4-10/h3-6,9,12H,7-8,14H2,1-2H3. The van der Waals surface area contributed by atoms with E-state index in [4.69, 9.17) is 5.73 Å². The van der Waals surface area contributed by atoms with Crippen LogP contribution in [0.1, 0.15) is 37.0 Å². The Hall–Kier alpha value is -1.51. The van der Waals surface area contributed by atoms with Crippen molar-refractivity contribution in [2.75, 3.05) is 5.73 Å². The van der Waals surface area contributed by atoms with Crippen LogP contribution >= 0.6 is 0 Å². The van der Waals surface area contributed by atoms with Gasteiger partial charge in [0.1, 0.15) is 0 Å². The zero-order chi connectivity index (χ0) is 11.7. The third-order valence-corrected chi connectivity index (χ3v) is 2.89. The Balaban J connectivity index is 2.19. The average molecular weight is 218 g/mol. The molecular formula is C13H18N2O. The predicted molar refractivity (Wildman–Crippen MR) is 65.2 cm³/mol. The molecule has 1 saturated carbocycles. The highest BCUT2D eigenvalue weighted by molar-refractivity contribution is 5.95. The van der Waals surface area contributed by atoms with Crippen molar-refractivity contribution in [2.45, 2.75) is 38.8 Å². The van der Waals surface area contributed by atoms with Gasteiger partial charge < -0.3 is 10.6 Å². The van der Waals surface area contributed by atoms with Crippen molar-refractivity contribution >= 4 is 11.6 Å². The lowest BCUT2D eigenvalue weighted by Gasteiger charge is -2.26. The van der Waals surface area contributed by atoms with Crippen LogP contribution in [0.3, 0.4) is 0 Å². The summed E-state index contributed by atoms with van der Waals surface area (Å²) < 4.78 is 0. The summed E-state index contributed by atoms with van der Waals surface area (Å²) in [4.78, 5) is 14.2. The number of amides is 1. The van der Waals surface area contributed by atoms with Gasteiger partial charge in [-0.25, -0.2) is 0 Å². The average Bonchev–Trinajstić information content (AvgIpc) is 3.02.